The van der Waals surface area contributed by atoms with Crippen LogP contribution >= 0.6 is 0 Å². The lowest BCUT2D eigenvalue weighted by Gasteiger charge is -2.10. The van der Waals surface area contributed by atoms with Crippen molar-refractivity contribution >= 4 is 43.9 Å². The summed E-state index contributed by atoms with van der Waals surface area (Å²) in [5.41, 5.74) is 12.6. The molecule has 0 aliphatic heterocycles. The second kappa shape index (κ2) is 13.0. The van der Waals surface area contributed by atoms with E-state index in [1.165, 1.54) is 11.1 Å². The molecular formula is C51H31N3O2. The summed E-state index contributed by atoms with van der Waals surface area (Å²) >= 11 is 0. The maximum Gasteiger partial charge on any atom is 0.164 e. The monoisotopic (exact) mass is 717 g/mol. The second-order valence-electron chi connectivity index (χ2n) is 14.0. The number of para-hydroxylation sites is 1. The Morgan fingerprint density at radius 1 is 0.286 bits per heavy atom. The lowest BCUT2D eigenvalue weighted by molar-refractivity contribution is 0.668. The third-order valence-electron chi connectivity index (χ3n) is 10.5. The Morgan fingerprint density at radius 3 is 1.61 bits per heavy atom. The number of hydrogen-bond donors (Lipinski definition) is 0. The summed E-state index contributed by atoms with van der Waals surface area (Å²) in [6, 6.07) is 64.6. The quantitative estimate of drug-likeness (QED) is 0.171. The van der Waals surface area contributed by atoms with Crippen LogP contribution in [-0.4, -0.2) is 15.0 Å². The van der Waals surface area contributed by atoms with Crippen LogP contribution < -0.4 is 0 Å². The Hall–Kier alpha value is -7.63. The fraction of sp³-hybridized carbons (Fsp3) is 0. The van der Waals surface area contributed by atoms with E-state index in [9.17, 15) is 0 Å². The van der Waals surface area contributed by atoms with Gasteiger partial charge in [-0.05, 0) is 70.3 Å². The first-order chi connectivity index (χ1) is 27.7. The Morgan fingerprint density at radius 2 is 0.875 bits per heavy atom. The second-order valence-corrected chi connectivity index (χ2v) is 14.0. The fourth-order valence-corrected chi connectivity index (χ4v) is 7.83. The van der Waals surface area contributed by atoms with Gasteiger partial charge in [-0.2, -0.15) is 0 Å². The van der Waals surface area contributed by atoms with Gasteiger partial charge in [-0.15, -0.1) is 0 Å². The number of nitrogens with zero attached hydrogens (tertiary/aromatic N) is 3. The molecule has 8 aromatic carbocycles. The van der Waals surface area contributed by atoms with Gasteiger partial charge < -0.3 is 8.83 Å². The Bertz CT molecular complexity index is 3180. The Labute approximate surface area is 322 Å². The lowest BCUT2D eigenvalue weighted by atomic mass is 9.93. The molecule has 3 heterocycles. The van der Waals surface area contributed by atoms with Crippen molar-refractivity contribution in [3.8, 4) is 67.5 Å². The normalized spacial score (nSPS) is 11.6. The van der Waals surface area contributed by atoms with Gasteiger partial charge in [0.05, 0.1) is 0 Å². The van der Waals surface area contributed by atoms with Gasteiger partial charge in [0.25, 0.3) is 0 Å². The highest BCUT2D eigenvalue weighted by atomic mass is 16.3. The highest BCUT2D eigenvalue weighted by Gasteiger charge is 2.20. The maximum atomic E-state index is 6.66. The van der Waals surface area contributed by atoms with Crippen molar-refractivity contribution in [2.45, 2.75) is 0 Å². The van der Waals surface area contributed by atoms with E-state index in [1.807, 2.05) is 91.0 Å². The topological polar surface area (TPSA) is 65.0 Å². The van der Waals surface area contributed by atoms with Gasteiger partial charge >= 0.3 is 0 Å². The molecule has 0 saturated heterocycles. The predicted octanol–water partition coefficient (Wildman–Crippen LogP) is 13.7. The van der Waals surface area contributed by atoms with Crippen LogP contribution in [-0.2, 0) is 0 Å². The third kappa shape index (κ3) is 5.45. The zero-order valence-corrected chi connectivity index (χ0v) is 30.1. The molecule has 0 saturated carbocycles. The minimum Gasteiger partial charge on any atom is -0.456 e. The number of benzene rings is 8. The molecule has 11 aromatic rings. The van der Waals surface area contributed by atoms with Gasteiger partial charge in [0.15, 0.2) is 17.5 Å². The number of rotatable bonds is 6. The van der Waals surface area contributed by atoms with Crippen molar-refractivity contribution in [1.29, 1.82) is 0 Å². The van der Waals surface area contributed by atoms with Crippen LogP contribution in [0.1, 0.15) is 0 Å². The van der Waals surface area contributed by atoms with Crippen molar-refractivity contribution in [3.63, 3.8) is 0 Å². The molecule has 56 heavy (non-hydrogen) atoms. The van der Waals surface area contributed by atoms with Crippen molar-refractivity contribution in [2.24, 2.45) is 0 Å². The highest BCUT2D eigenvalue weighted by Crippen LogP contribution is 2.43. The molecule has 0 radical (unpaired) electrons. The molecule has 11 rings (SSSR count). The summed E-state index contributed by atoms with van der Waals surface area (Å²) in [5.74, 6) is 1.82. The molecule has 3 aromatic heterocycles. The zero-order valence-electron chi connectivity index (χ0n) is 30.1. The van der Waals surface area contributed by atoms with Gasteiger partial charge in [0.2, 0.25) is 0 Å². The molecule has 0 fully saturated rings. The van der Waals surface area contributed by atoms with Crippen molar-refractivity contribution in [2.75, 3.05) is 0 Å². The van der Waals surface area contributed by atoms with Crippen LogP contribution in [0, 0.1) is 0 Å². The first-order valence-corrected chi connectivity index (χ1v) is 18.7. The van der Waals surface area contributed by atoms with Gasteiger partial charge in [-0.25, -0.2) is 15.0 Å². The summed E-state index contributed by atoms with van der Waals surface area (Å²) in [7, 11) is 0. The number of fused-ring (bicyclic) bond motifs is 6. The minimum atomic E-state index is 0.588. The molecule has 0 unspecified atom stereocenters. The van der Waals surface area contributed by atoms with E-state index in [0.29, 0.717) is 17.5 Å². The van der Waals surface area contributed by atoms with E-state index < -0.39 is 0 Å². The maximum absolute atomic E-state index is 6.66. The summed E-state index contributed by atoms with van der Waals surface area (Å²) in [6.45, 7) is 0. The third-order valence-corrected chi connectivity index (χ3v) is 10.5. The minimum absolute atomic E-state index is 0.588. The Kier molecular flexibility index (Phi) is 7.42. The van der Waals surface area contributed by atoms with Gasteiger partial charge in [0, 0.05) is 43.8 Å². The first kappa shape index (κ1) is 31.9. The predicted molar refractivity (Wildman–Crippen MR) is 227 cm³/mol. The van der Waals surface area contributed by atoms with E-state index in [4.69, 9.17) is 23.8 Å². The van der Waals surface area contributed by atoms with E-state index in [-0.39, 0.29) is 0 Å². The van der Waals surface area contributed by atoms with Gasteiger partial charge in [-0.3, -0.25) is 0 Å². The smallest absolute Gasteiger partial charge is 0.164 e. The molecule has 5 heteroatoms. The summed E-state index contributed by atoms with van der Waals surface area (Å²) < 4.78 is 13.3. The molecule has 0 bridgehead atoms. The molecule has 5 nitrogen and oxygen atoms in total. The number of hydrogen-bond acceptors (Lipinski definition) is 5. The standard InChI is InChI=1S/C51H31N3O2/c1-4-14-32(15-5-1)35-20-12-21-36(28-35)38-29-42(48-43(30-38)39-22-10-11-24-44(39)56-48)37-26-27-40-46(31-37)55-45-25-13-23-41(47(40)45)51-53-49(33-16-6-2-7-17-33)52-50(54-51)34-18-8-3-9-19-34/h1-31H. The van der Waals surface area contributed by atoms with E-state index in [1.54, 1.807) is 0 Å². The highest BCUT2D eigenvalue weighted by molar-refractivity contribution is 6.14. The van der Waals surface area contributed by atoms with E-state index >= 15 is 0 Å². The molecule has 0 aliphatic rings. The van der Waals surface area contributed by atoms with Crippen LogP contribution in [0.15, 0.2) is 197 Å². The SMILES string of the molecule is c1ccc(-c2cccc(-c3cc(-c4ccc5c(c4)oc4cccc(-c6nc(-c7ccccc7)nc(-c7ccccc7)n6)c45)c4oc5ccccc5c4c3)c2)cc1. The van der Waals surface area contributed by atoms with Crippen LogP contribution in [0.4, 0.5) is 0 Å². The average molecular weight is 718 g/mol. The number of furan rings is 2. The zero-order chi connectivity index (χ0) is 37.0. The molecule has 0 spiro atoms. The van der Waals surface area contributed by atoms with Gasteiger partial charge in [0.1, 0.15) is 22.3 Å². The number of aromatic nitrogens is 3. The molecular weight excluding hydrogens is 687 g/mol. The molecule has 0 amide bonds. The largest absolute Gasteiger partial charge is 0.456 e. The van der Waals surface area contributed by atoms with Crippen LogP contribution in [0.25, 0.3) is 111 Å². The average Bonchev–Trinajstić information content (AvgIpc) is 3.85. The fourth-order valence-electron chi connectivity index (χ4n) is 7.83. The van der Waals surface area contributed by atoms with Crippen molar-refractivity contribution < 1.29 is 8.83 Å². The summed E-state index contributed by atoms with van der Waals surface area (Å²) in [4.78, 5) is 15.0. The van der Waals surface area contributed by atoms with E-state index in [2.05, 4.69) is 97.1 Å². The van der Waals surface area contributed by atoms with Crippen LogP contribution in [0.5, 0.6) is 0 Å². The van der Waals surface area contributed by atoms with Crippen molar-refractivity contribution in [3.05, 3.63) is 188 Å². The first-order valence-electron chi connectivity index (χ1n) is 18.7. The Balaban J connectivity index is 1.09. The van der Waals surface area contributed by atoms with Crippen molar-refractivity contribution in [1.82, 2.24) is 15.0 Å². The van der Waals surface area contributed by atoms with Gasteiger partial charge in [-0.1, -0.05) is 146 Å². The lowest BCUT2D eigenvalue weighted by Crippen LogP contribution is -2.00. The van der Waals surface area contributed by atoms with Crippen LogP contribution in [0.2, 0.25) is 0 Å². The molecule has 0 atom stereocenters. The molecule has 262 valence electrons. The van der Waals surface area contributed by atoms with E-state index in [0.717, 1.165) is 82.8 Å². The van der Waals surface area contributed by atoms with Crippen LogP contribution in [0.3, 0.4) is 0 Å². The molecule has 0 aliphatic carbocycles. The summed E-state index contributed by atoms with van der Waals surface area (Å²) in [5, 5.41) is 4.10. The molecule has 0 N–H and O–H groups in total. The summed E-state index contributed by atoms with van der Waals surface area (Å²) in [6.07, 6.45) is 0.